The van der Waals surface area contributed by atoms with Crippen LogP contribution in [0.3, 0.4) is 0 Å². The number of nitrogens with one attached hydrogen (secondary N) is 1. The molecule has 4 aromatic rings. The molecule has 0 aliphatic carbocycles. The van der Waals surface area contributed by atoms with E-state index in [0.717, 1.165) is 42.6 Å². The lowest BCUT2D eigenvalue weighted by atomic mass is 9.91. The first kappa shape index (κ1) is 25.2. The van der Waals surface area contributed by atoms with Gasteiger partial charge in [0.05, 0.1) is 17.6 Å². The Labute approximate surface area is 222 Å². The van der Waals surface area contributed by atoms with Crippen molar-refractivity contribution >= 4 is 17.5 Å². The van der Waals surface area contributed by atoms with Crippen LogP contribution in [-0.2, 0) is 11.3 Å². The Morgan fingerprint density at radius 2 is 1.78 bits per heavy atom. The van der Waals surface area contributed by atoms with Crippen LogP contribution in [0.25, 0.3) is 11.4 Å². The summed E-state index contributed by atoms with van der Waals surface area (Å²) in [6.07, 6.45) is 1.57. The number of piperidine rings is 1. The molecule has 0 bridgehead atoms. The Balaban J connectivity index is 1.21. The highest BCUT2D eigenvalue weighted by Crippen LogP contribution is 2.28. The Kier molecular flexibility index (Phi) is 7.68. The van der Waals surface area contributed by atoms with Crippen LogP contribution in [0.1, 0.15) is 47.0 Å². The smallest absolute Gasteiger partial charge is 0.241 e. The van der Waals surface area contributed by atoms with Gasteiger partial charge in [-0.1, -0.05) is 83.0 Å². The summed E-state index contributed by atoms with van der Waals surface area (Å²) in [5.74, 6) is 1.12. The first-order valence-corrected chi connectivity index (χ1v) is 13.1. The number of halogens is 1. The normalized spacial score (nSPS) is 15.4. The molecule has 190 valence electrons. The summed E-state index contributed by atoms with van der Waals surface area (Å²) in [7, 11) is 0. The molecule has 3 aromatic carbocycles. The zero-order valence-corrected chi connectivity index (χ0v) is 21.9. The highest BCUT2D eigenvalue weighted by Gasteiger charge is 2.28. The van der Waals surface area contributed by atoms with E-state index >= 15 is 0 Å². The van der Waals surface area contributed by atoms with Gasteiger partial charge in [-0.3, -0.25) is 9.69 Å². The Morgan fingerprint density at radius 1 is 1.05 bits per heavy atom. The largest absolute Gasteiger partial charge is 0.345 e. The van der Waals surface area contributed by atoms with Crippen molar-refractivity contribution in [3.8, 4) is 11.4 Å². The molecule has 6 nitrogen and oxygen atoms in total. The minimum Gasteiger partial charge on any atom is -0.345 e. The number of benzene rings is 3. The fourth-order valence-electron chi connectivity index (χ4n) is 5.01. The number of hydrogen-bond donors (Lipinski definition) is 1. The third-order valence-electron chi connectivity index (χ3n) is 7.06. The lowest BCUT2D eigenvalue weighted by Gasteiger charge is -2.31. The fourth-order valence-corrected chi connectivity index (χ4v) is 5.23. The molecule has 0 saturated carbocycles. The molecular weight excluding hydrogens is 484 g/mol. The van der Waals surface area contributed by atoms with E-state index in [1.807, 2.05) is 42.5 Å². The van der Waals surface area contributed by atoms with Crippen LogP contribution in [0.4, 0.5) is 0 Å². The molecule has 1 amide bonds. The van der Waals surface area contributed by atoms with E-state index in [1.54, 1.807) is 0 Å². The van der Waals surface area contributed by atoms with Gasteiger partial charge in [-0.05, 0) is 68.6 Å². The number of rotatable bonds is 7. The van der Waals surface area contributed by atoms with Gasteiger partial charge in [0, 0.05) is 11.5 Å². The summed E-state index contributed by atoms with van der Waals surface area (Å²) >= 11 is 6.27. The summed E-state index contributed by atoms with van der Waals surface area (Å²) in [6, 6.07) is 23.9. The average molecular weight is 515 g/mol. The topological polar surface area (TPSA) is 71.3 Å². The number of aromatic nitrogens is 2. The highest BCUT2D eigenvalue weighted by atomic mass is 35.5. The molecule has 1 aromatic heterocycles. The number of likely N-dealkylation sites (tertiary alicyclic amines) is 1. The third kappa shape index (κ3) is 5.92. The van der Waals surface area contributed by atoms with Gasteiger partial charge >= 0.3 is 0 Å². The maximum Gasteiger partial charge on any atom is 0.241 e. The van der Waals surface area contributed by atoms with Crippen molar-refractivity contribution in [1.82, 2.24) is 20.4 Å². The Hall–Kier alpha value is -3.48. The number of carbonyl (C=O) groups excluding carboxylic acids is 1. The van der Waals surface area contributed by atoms with Crippen molar-refractivity contribution in [2.45, 2.75) is 39.3 Å². The van der Waals surface area contributed by atoms with Gasteiger partial charge in [0.15, 0.2) is 0 Å². The second kappa shape index (κ2) is 11.3. The van der Waals surface area contributed by atoms with Crippen molar-refractivity contribution in [2.24, 2.45) is 5.92 Å². The molecule has 1 fully saturated rings. The standard InChI is InChI=1S/C30H31ClN4O2/c1-20-12-13-24(21(2)18-20)28(22-8-4-3-5-9-22)33-30(36)23-14-16-35(17-15-23)19-27-32-29(34-37-27)25-10-6-7-11-26(25)31/h3-13,18,23,28H,14-17,19H2,1-2H3,(H,33,36). The molecule has 1 aliphatic rings. The lowest BCUT2D eigenvalue weighted by Crippen LogP contribution is -2.41. The summed E-state index contributed by atoms with van der Waals surface area (Å²) in [5, 5.41) is 8.05. The van der Waals surface area contributed by atoms with E-state index in [4.69, 9.17) is 16.1 Å². The average Bonchev–Trinajstić information content (AvgIpc) is 3.37. The Morgan fingerprint density at radius 3 is 2.51 bits per heavy atom. The number of carbonyl (C=O) groups is 1. The van der Waals surface area contributed by atoms with Crippen LogP contribution in [-0.4, -0.2) is 34.0 Å². The number of hydrogen-bond acceptors (Lipinski definition) is 5. The van der Waals surface area contributed by atoms with Crippen molar-refractivity contribution in [1.29, 1.82) is 0 Å². The molecule has 1 unspecified atom stereocenters. The molecule has 37 heavy (non-hydrogen) atoms. The SMILES string of the molecule is Cc1ccc(C(NC(=O)C2CCN(Cc3nc(-c4ccccc4Cl)no3)CC2)c2ccccc2)c(C)c1. The molecule has 1 atom stereocenters. The second-order valence-electron chi connectivity index (χ2n) is 9.75. The van der Waals surface area contributed by atoms with Crippen molar-refractivity contribution in [3.05, 3.63) is 106 Å². The molecule has 1 N–H and O–H groups in total. The summed E-state index contributed by atoms with van der Waals surface area (Å²) < 4.78 is 5.48. The van der Waals surface area contributed by atoms with E-state index < -0.39 is 0 Å². The lowest BCUT2D eigenvalue weighted by molar-refractivity contribution is -0.127. The molecule has 1 aliphatic heterocycles. The minimum atomic E-state index is -0.172. The van der Waals surface area contributed by atoms with Crippen molar-refractivity contribution in [2.75, 3.05) is 13.1 Å². The third-order valence-corrected chi connectivity index (χ3v) is 7.39. The van der Waals surface area contributed by atoms with Gasteiger partial charge in [-0.2, -0.15) is 4.98 Å². The van der Waals surface area contributed by atoms with Gasteiger partial charge in [-0.25, -0.2) is 0 Å². The predicted molar refractivity (Wildman–Crippen MR) is 145 cm³/mol. The second-order valence-corrected chi connectivity index (χ2v) is 10.2. The Bertz CT molecular complexity index is 1360. The van der Waals surface area contributed by atoms with Crippen LogP contribution in [0.15, 0.2) is 77.3 Å². The van der Waals surface area contributed by atoms with Crippen LogP contribution in [0, 0.1) is 19.8 Å². The van der Waals surface area contributed by atoms with Crippen LogP contribution >= 0.6 is 11.6 Å². The van der Waals surface area contributed by atoms with E-state index in [1.165, 1.54) is 11.1 Å². The van der Waals surface area contributed by atoms with E-state index in [-0.39, 0.29) is 17.9 Å². The highest BCUT2D eigenvalue weighted by molar-refractivity contribution is 6.33. The maximum atomic E-state index is 13.4. The molecule has 2 heterocycles. The summed E-state index contributed by atoms with van der Waals surface area (Å²) in [6.45, 7) is 6.34. The molecular formula is C30H31ClN4O2. The predicted octanol–water partition coefficient (Wildman–Crippen LogP) is 6.12. The van der Waals surface area contributed by atoms with Crippen molar-refractivity contribution in [3.63, 3.8) is 0 Å². The van der Waals surface area contributed by atoms with Crippen LogP contribution in [0.5, 0.6) is 0 Å². The van der Waals surface area contributed by atoms with E-state index in [0.29, 0.717) is 23.3 Å². The first-order valence-electron chi connectivity index (χ1n) is 12.7. The molecule has 7 heteroatoms. The number of amides is 1. The summed E-state index contributed by atoms with van der Waals surface area (Å²) in [4.78, 5) is 20.2. The monoisotopic (exact) mass is 514 g/mol. The first-order chi connectivity index (χ1) is 18.0. The molecule has 0 radical (unpaired) electrons. The molecule has 0 spiro atoms. The van der Waals surface area contributed by atoms with Gasteiger partial charge < -0.3 is 9.84 Å². The number of nitrogens with zero attached hydrogens (tertiary/aromatic N) is 3. The summed E-state index contributed by atoms with van der Waals surface area (Å²) in [5.41, 5.74) is 5.37. The van der Waals surface area contributed by atoms with Crippen molar-refractivity contribution < 1.29 is 9.32 Å². The zero-order valence-electron chi connectivity index (χ0n) is 21.2. The fraction of sp³-hybridized carbons (Fsp3) is 0.300. The van der Waals surface area contributed by atoms with Gasteiger partial charge in [0.2, 0.25) is 17.6 Å². The van der Waals surface area contributed by atoms with E-state index in [2.05, 4.69) is 64.5 Å². The van der Waals surface area contributed by atoms with Gasteiger partial charge in [0.1, 0.15) is 0 Å². The minimum absolute atomic E-state index is 0.0328. The maximum absolute atomic E-state index is 13.4. The quantitative estimate of drug-likeness (QED) is 0.321. The van der Waals surface area contributed by atoms with E-state index in [9.17, 15) is 4.79 Å². The zero-order chi connectivity index (χ0) is 25.8. The van der Waals surface area contributed by atoms with Gasteiger partial charge in [0.25, 0.3) is 0 Å². The molecule has 1 saturated heterocycles. The number of aryl methyl sites for hydroxylation is 2. The van der Waals surface area contributed by atoms with Gasteiger partial charge in [-0.15, -0.1) is 0 Å². The van der Waals surface area contributed by atoms with Crippen LogP contribution in [0.2, 0.25) is 5.02 Å². The van der Waals surface area contributed by atoms with Crippen LogP contribution < -0.4 is 5.32 Å². The molecule has 5 rings (SSSR count).